The molecular weight excluding hydrogens is 226 g/mol. The van der Waals surface area contributed by atoms with Crippen LogP contribution in [-0.4, -0.2) is 30.3 Å². The molecule has 1 nitrogen and oxygen atoms in total. The van der Waals surface area contributed by atoms with Gasteiger partial charge in [-0.25, -0.2) is 0 Å². The minimum absolute atomic E-state index is 0. The van der Waals surface area contributed by atoms with Crippen molar-refractivity contribution in [1.82, 2.24) is 4.90 Å². The monoisotopic (exact) mass is 245 g/mol. The second-order valence-corrected chi connectivity index (χ2v) is 4.36. The quantitative estimate of drug-likeness (QED) is 0.706. The van der Waals surface area contributed by atoms with Crippen molar-refractivity contribution in [2.75, 3.05) is 25.4 Å². The third-order valence-corrected chi connectivity index (χ3v) is 3.31. The number of rotatable bonds is 6. The van der Waals surface area contributed by atoms with Crippen molar-refractivity contribution in [3.63, 3.8) is 0 Å². The molecule has 0 bridgehead atoms. The minimum Gasteiger partial charge on any atom is -0.303 e. The molecule has 0 aliphatic carbocycles. The number of hydrogen-bond donors (Lipinski definition) is 0. The van der Waals surface area contributed by atoms with Crippen molar-refractivity contribution >= 4 is 24.2 Å². The van der Waals surface area contributed by atoms with E-state index in [1.165, 1.54) is 17.2 Å². The van der Waals surface area contributed by atoms with Crippen LogP contribution in [0.3, 0.4) is 0 Å². The molecule has 0 radical (unpaired) electrons. The van der Waals surface area contributed by atoms with Crippen LogP contribution in [0.2, 0.25) is 0 Å². The van der Waals surface area contributed by atoms with Crippen molar-refractivity contribution in [1.29, 1.82) is 0 Å². The zero-order valence-corrected chi connectivity index (χ0v) is 11.1. The Morgan fingerprint density at radius 3 is 2.20 bits per heavy atom. The average molecular weight is 246 g/mol. The van der Waals surface area contributed by atoms with Crippen LogP contribution in [0.15, 0.2) is 35.2 Å². The van der Waals surface area contributed by atoms with Crippen LogP contribution in [0, 0.1) is 0 Å². The fraction of sp³-hybridized carbons (Fsp3) is 0.500. The van der Waals surface area contributed by atoms with Gasteiger partial charge in [0.1, 0.15) is 0 Å². The van der Waals surface area contributed by atoms with Gasteiger partial charge in [-0.3, -0.25) is 0 Å². The predicted molar refractivity (Wildman–Crippen MR) is 72.2 cm³/mol. The largest absolute Gasteiger partial charge is 0.303 e. The number of thioether (sulfide) groups is 1. The summed E-state index contributed by atoms with van der Waals surface area (Å²) < 4.78 is 0. The first-order valence-corrected chi connectivity index (χ1v) is 6.25. The molecule has 86 valence electrons. The highest BCUT2D eigenvalue weighted by Gasteiger charge is 1.98. The normalized spacial score (nSPS) is 10.1. The van der Waals surface area contributed by atoms with Gasteiger partial charge < -0.3 is 4.90 Å². The highest BCUT2D eigenvalue weighted by molar-refractivity contribution is 7.99. The van der Waals surface area contributed by atoms with E-state index in [2.05, 4.69) is 49.1 Å². The molecule has 0 aromatic heterocycles. The maximum absolute atomic E-state index is 2.45. The Kier molecular flexibility index (Phi) is 8.97. The predicted octanol–water partition coefficient (Wildman–Crippen LogP) is 3.54. The van der Waals surface area contributed by atoms with Crippen LogP contribution >= 0.6 is 24.2 Å². The maximum Gasteiger partial charge on any atom is 0.0108 e. The molecule has 1 aromatic rings. The summed E-state index contributed by atoms with van der Waals surface area (Å²) in [6.07, 6.45) is 0. The Morgan fingerprint density at radius 2 is 1.67 bits per heavy atom. The van der Waals surface area contributed by atoms with Gasteiger partial charge in [0.25, 0.3) is 0 Å². The summed E-state index contributed by atoms with van der Waals surface area (Å²) in [5.74, 6) is 1.19. The van der Waals surface area contributed by atoms with Crippen molar-refractivity contribution in [3.05, 3.63) is 30.3 Å². The van der Waals surface area contributed by atoms with Gasteiger partial charge in [0.05, 0.1) is 0 Å². The first kappa shape index (κ1) is 14.8. The fourth-order valence-electron chi connectivity index (χ4n) is 1.35. The van der Waals surface area contributed by atoms with Gasteiger partial charge in [0.2, 0.25) is 0 Å². The summed E-state index contributed by atoms with van der Waals surface area (Å²) in [6.45, 7) is 7.94. The van der Waals surface area contributed by atoms with Crippen molar-refractivity contribution in [2.45, 2.75) is 18.7 Å². The van der Waals surface area contributed by atoms with E-state index < -0.39 is 0 Å². The van der Waals surface area contributed by atoms with E-state index in [0.29, 0.717) is 0 Å². The molecule has 0 fully saturated rings. The molecule has 0 aliphatic rings. The molecule has 0 saturated heterocycles. The minimum atomic E-state index is 0. The molecule has 0 heterocycles. The fourth-order valence-corrected chi connectivity index (χ4v) is 2.28. The van der Waals surface area contributed by atoms with E-state index in [1.54, 1.807) is 0 Å². The Hall–Kier alpha value is -0.180. The molecule has 1 rings (SSSR count). The SMILES string of the molecule is CCN(CC)CCSc1ccccc1.Cl. The van der Waals surface area contributed by atoms with Gasteiger partial charge in [-0.2, -0.15) is 0 Å². The summed E-state index contributed by atoms with van der Waals surface area (Å²) in [5, 5.41) is 0. The van der Waals surface area contributed by atoms with Gasteiger partial charge >= 0.3 is 0 Å². The topological polar surface area (TPSA) is 3.24 Å². The molecule has 0 spiro atoms. The van der Waals surface area contributed by atoms with E-state index in [0.717, 1.165) is 13.1 Å². The molecule has 15 heavy (non-hydrogen) atoms. The van der Waals surface area contributed by atoms with Gasteiger partial charge in [0, 0.05) is 17.2 Å². The summed E-state index contributed by atoms with van der Waals surface area (Å²) >= 11 is 1.94. The lowest BCUT2D eigenvalue weighted by Gasteiger charge is -2.17. The molecule has 1 aromatic carbocycles. The molecule has 3 heteroatoms. The van der Waals surface area contributed by atoms with Crippen LogP contribution in [0.1, 0.15) is 13.8 Å². The van der Waals surface area contributed by atoms with Gasteiger partial charge in [0.15, 0.2) is 0 Å². The number of nitrogens with zero attached hydrogens (tertiary/aromatic N) is 1. The number of hydrogen-bond acceptors (Lipinski definition) is 2. The Bertz CT molecular complexity index is 237. The number of halogens is 1. The van der Waals surface area contributed by atoms with Gasteiger partial charge in [-0.15, -0.1) is 24.2 Å². The van der Waals surface area contributed by atoms with Crippen molar-refractivity contribution in [3.8, 4) is 0 Å². The van der Waals surface area contributed by atoms with Crippen LogP contribution in [0.5, 0.6) is 0 Å². The van der Waals surface area contributed by atoms with Crippen molar-refractivity contribution < 1.29 is 0 Å². The standard InChI is InChI=1S/C12H19NS.ClH/c1-3-13(4-2)10-11-14-12-8-6-5-7-9-12;/h5-9H,3-4,10-11H2,1-2H3;1H. The molecular formula is C12H20ClNS. The lowest BCUT2D eigenvalue weighted by atomic mass is 10.4. The third kappa shape index (κ3) is 6.08. The second-order valence-electron chi connectivity index (χ2n) is 3.19. The molecule has 0 unspecified atom stereocenters. The lowest BCUT2D eigenvalue weighted by molar-refractivity contribution is 0.324. The van der Waals surface area contributed by atoms with E-state index in [4.69, 9.17) is 0 Å². The van der Waals surface area contributed by atoms with E-state index in [9.17, 15) is 0 Å². The Labute approximate surface area is 104 Å². The van der Waals surface area contributed by atoms with Crippen LogP contribution in [0.4, 0.5) is 0 Å². The van der Waals surface area contributed by atoms with E-state index >= 15 is 0 Å². The Balaban J connectivity index is 0.00000196. The highest BCUT2D eigenvalue weighted by atomic mass is 35.5. The summed E-state index contributed by atoms with van der Waals surface area (Å²) in [7, 11) is 0. The highest BCUT2D eigenvalue weighted by Crippen LogP contribution is 2.16. The third-order valence-electron chi connectivity index (χ3n) is 2.31. The maximum atomic E-state index is 2.45. The average Bonchev–Trinajstić information content (AvgIpc) is 2.26. The summed E-state index contributed by atoms with van der Waals surface area (Å²) in [5.41, 5.74) is 0. The lowest BCUT2D eigenvalue weighted by Crippen LogP contribution is -2.25. The second kappa shape index (κ2) is 9.08. The van der Waals surface area contributed by atoms with Gasteiger partial charge in [-0.1, -0.05) is 32.0 Å². The number of benzene rings is 1. The summed E-state index contributed by atoms with van der Waals surface area (Å²) in [4.78, 5) is 3.83. The first-order valence-electron chi connectivity index (χ1n) is 5.27. The Morgan fingerprint density at radius 1 is 1.07 bits per heavy atom. The van der Waals surface area contributed by atoms with Crippen LogP contribution in [0.25, 0.3) is 0 Å². The smallest absolute Gasteiger partial charge is 0.0108 e. The first-order chi connectivity index (χ1) is 6.86. The van der Waals surface area contributed by atoms with Crippen molar-refractivity contribution in [2.24, 2.45) is 0 Å². The molecule has 0 amide bonds. The molecule has 0 N–H and O–H groups in total. The molecule has 0 atom stereocenters. The summed E-state index contributed by atoms with van der Waals surface area (Å²) in [6, 6.07) is 10.6. The van der Waals surface area contributed by atoms with Crippen LogP contribution in [-0.2, 0) is 0 Å². The van der Waals surface area contributed by atoms with E-state index in [1.807, 2.05) is 11.8 Å². The van der Waals surface area contributed by atoms with Crippen LogP contribution < -0.4 is 0 Å². The molecule has 0 aliphatic heterocycles. The molecule has 0 saturated carbocycles. The zero-order chi connectivity index (χ0) is 10.2. The zero-order valence-electron chi connectivity index (χ0n) is 9.48. The van der Waals surface area contributed by atoms with E-state index in [-0.39, 0.29) is 12.4 Å². The van der Waals surface area contributed by atoms with Gasteiger partial charge in [-0.05, 0) is 25.2 Å².